The maximum Gasteiger partial charge on any atom is 0.0164 e. The fourth-order valence-electron chi connectivity index (χ4n) is 1.92. The summed E-state index contributed by atoms with van der Waals surface area (Å²) in [5.41, 5.74) is 0. The molecule has 0 spiro atoms. The molecule has 1 aliphatic heterocycles. The molecule has 0 radical (unpaired) electrons. The van der Waals surface area contributed by atoms with Gasteiger partial charge < -0.3 is 4.90 Å². The molecule has 1 aliphatic rings. The van der Waals surface area contributed by atoms with Gasteiger partial charge in [0.1, 0.15) is 0 Å². The molecule has 92 valence electrons. The van der Waals surface area contributed by atoms with Gasteiger partial charge in [0.05, 0.1) is 0 Å². The van der Waals surface area contributed by atoms with E-state index in [1.54, 1.807) is 0 Å². The molecule has 1 rings (SSSR count). The Labute approximate surface area is 101 Å². The Balaban J connectivity index is 1.97. The summed E-state index contributed by atoms with van der Waals surface area (Å²) in [6, 6.07) is 0. The average Bonchev–Trinajstić information content (AvgIpc) is 2.30. The number of likely N-dealkylation sites (N-methyl/N-ethyl adjacent to an activating group) is 1. The van der Waals surface area contributed by atoms with E-state index in [0.717, 1.165) is 13.0 Å². The lowest BCUT2D eigenvalue weighted by Gasteiger charge is -2.31. The Morgan fingerprint density at radius 3 is 2.38 bits per heavy atom. The number of hydrogen-bond donors (Lipinski definition) is 0. The first kappa shape index (κ1) is 13.5. The lowest BCUT2D eigenvalue weighted by Crippen LogP contribution is -2.44. The third-order valence-electron chi connectivity index (χ3n) is 3.16. The minimum absolute atomic E-state index is 1.13. The third kappa shape index (κ3) is 6.09. The molecule has 2 heteroatoms. The number of unbranched alkanes of at least 4 members (excludes halogenated alkanes) is 3. The standard InChI is InChI=1S/C14H26N2/c1-3-4-5-6-7-8-9-10-16-13-11-15(2)12-14-16/h3,8-9H,1,4-7,10-14H2,2H3. The zero-order chi connectivity index (χ0) is 11.6. The molecule has 0 saturated carbocycles. The molecule has 16 heavy (non-hydrogen) atoms. The predicted octanol–water partition coefficient (Wildman–Crippen LogP) is 2.54. The van der Waals surface area contributed by atoms with E-state index < -0.39 is 0 Å². The maximum atomic E-state index is 3.73. The van der Waals surface area contributed by atoms with E-state index in [-0.39, 0.29) is 0 Å². The maximum absolute atomic E-state index is 3.73. The zero-order valence-electron chi connectivity index (χ0n) is 10.7. The summed E-state index contributed by atoms with van der Waals surface area (Å²) in [5.74, 6) is 0. The Hall–Kier alpha value is -0.600. The van der Waals surface area contributed by atoms with Crippen LogP contribution in [0.5, 0.6) is 0 Å². The van der Waals surface area contributed by atoms with Crippen LogP contribution in [-0.2, 0) is 0 Å². The van der Waals surface area contributed by atoms with Crippen molar-refractivity contribution in [3.05, 3.63) is 24.8 Å². The average molecular weight is 222 g/mol. The van der Waals surface area contributed by atoms with Gasteiger partial charge in [-0.3, -0.25) is 4.90 Å². The fraction of sp³-hybridized carbons (Fsp3) is 0.714. The van der Waals surface area contributed by atoms with Gasteiger partial charge in [0, 0.05) is 32.7 Å². The van der Waals surface area contributed by atoms with E-state index in [9.17, 15) is 0 Å². The van der Waals surface area contributed by atoms with Crippen molar-refractivity contribution in [1.82, 2.24) is 9.80 Å². The molecule has 0 atom stereocenters. The van der Waals surface area contributed by atoms with Crippen LogP contribution in [0.1, 0.15) is 25.7 Å². The molecule has 0 N–H and O–H groups in total. The summed E-state index contributed by atoms with van der Waals surface area (Å²) in [6.07, 6.45) is 11.6. The van der Waals surface area contributed by atoms with Crippen LogP contribution in [0.2, 0.25) is 0 Å². The topological polar surface area (TPSA) is 6.48 Å². The molecule has 0 aromatic heterocycles. The predicted molar refractivity (Wildman–Crippen MR) is 71.7 cm³/mol. The summed E-state index contributed by atoms with van der Waals surface area (Å²) in [7, 11) is 2.20. The van der Waals surface area contributed by atoms with Crippen molar-refractivity contribution >= 4 is 0 Å². The summed E-state index contributed by atoms with van der Waals surface area (Å²) in [4.78, 5) is 4.93. The highest BCUT2D eigenvalue weighted by atomic mass is 15.2. The van der Waals surface area contributed by atoms with Crippen LogP contribution in [0.4, 0.5) is 0 Å². The molecule has 0 unspecified atom stereocenters. The first-order valence-corrected chi connectivity index (χ1v) is 6.49. The summed E-state index contributed by atoms with van der Waals surface area (Å²) in [6.45, 7) is 9.74. The molecule has 0 bridgehead atoms. The molecule has 2 nitrogen and oxygen atoms in total. The van der Waals surface area contributed by atoms with Crippen LogP contribution in [0.25, 0.3) is 0 Å². The van der Waals surface area contributed by atoms with Gasteiger partial charge in [0.2, 0.25) is 0 Å². The van der Waals surface area contributed by atoms with Crippen molar-refractivity contribution in [2.24, 2.45) is 0 Å². The Morgan fingerprint density at radius 1 is 1.00 bits per heavy atom. The van der Waals surface area contributed by atoms with Crippen molar-refractivity contribution in [2.75, 3.05) is 39.8 Å². The van der Waals surface area contributed by atoms with Gasteiger partial charge in [-0.1, -0.05) is 18.2 Å². The van der Waals surface area contributed by atoms with Crippen LogP contribution in [-0.4, -0.2) is 49.6 Å². The quantitative estimate of drug-likeness (QED) is 0.482. The van der Waals surface area contributed by atoms with Gasteiger partial charge in [0.15, 0.2) is 0 Å². The fourth-order valence-corrected chi connectivity index (χ4v) is 1.92. The Morgan fingerprint density at radius 2 is 1.69 bits per heavy atom. The van der Waals surface area contributed by atoms with Gasteiger partial charge in [-0.15, -0.1) is 6.58 Å². The van der Waals surface area contributed by atoms with E-state index in [1.165, 1.54) is 45.4 Å². The number of allylic oxidation sites excluding steroid dienone is 2. The highest BCUT2D eigenvalue weighted by molar-refractivity contribution is 4.86. The second-order valence-corrected chi connectivity index (χ2v) is 4.65. The largest absolute Gasteiger partial charge is 0.304 e. The van der Waals surface area contributed by atoms with E-state index in [2.05, 4.69) is 35.6 Å². The van der Waals surface area contributed by atoms with Gasteiger partial charge >= 0.3 is 0 Å². The van der Waals surface area contributed by atoms with Crippen molar-refractivity contribution in [3.8, 4) is 0 Å². The second kappa shape index (κ2) is 8.54. The van der Waals surface area contributed by atoms with Gasteiger partial charge in [0.25, 0.3) is 0 Å². The zero-order valence-corrected chi connectivity index (χ0v) is 10.7. The smallest absolute Gasteiger partial charge is 0.0164 e. The minimum atomic E-state index is 1.13. The number of hydrogen-bond acceptors (Lipinski definition) is 2. The van der Waals surface area contributed by atoms with Crippen LogP contribution < -0.4 is 0 Å². The minimum Gasteiger partial charge on any atom is -0.304 e. The number of rotatable bonds is 7. The third-order valence-corrected chi connectivity index (χ3v) is 3.16. The van der Waals surface area contributed by atoms with Crippen molar-refractivity contribution < 1.29 is 0 Å². The van der Waals surface area contributed by atoms with Gasteiger partial charge in [-0.25, -0.2) is 0 Å². The van der Waals surface area contributed by atoms with E-state index in [0.29, 0.717) is 0 Å². The molecule has 0 aromatic rings. The monoisotopic (exact) mass is 222 g/mol. The molecule has 1 fully saturated rings. The van der Waals surface area contributed by atoms with Crippen LogP contribution in [0, 0.1) is 0 Å². The molecule has 0 amide bonds. The molecular formula is C14H26N2. The normalized spacial score (nSPS) is 19.3. The first-order chi connectivity index (χ1) is 7.83. The molecular weight excluding hydrogens is 196 g/mol. The summed E-state index contributed by atoms with van der Waals surface area (Å²) >= 11 is 0. The highest BCUT2D eigenvalue weighted by Gasteiger charge is 2.11. The van der Waals surface area contributed by atoms with Crippen molar-refractivity contribution in [1.29, 1.82) is 0 Å². The first-order valence-electron chi connectivity index (χ1n) is 6.49. The van der Waals surface area contributed by atoms with Crippen LogP contribution in [0.3, 0.4) is 0 Å². The second-order valence-electron chi connectivity index (χ2n) is 4.65. The van der Waals surface area contributed by atoms with Crippen LogP contribution in [0.15, 0.2) is 24.8 Å². The van der Waals surface area contributed by atoms with Crippen molar-refractivity contribution in [3.63, 3.8) is 0 Å². The molecule has 1 saturated heterocycles. The van der Waals surface area contributed by atoms with E-state index >= 15 is 0 Å². The molecule has 0 aliphatic carbocycles. The van der Waals surface area contributed by atoms with E-state index in [1.807, 2.05) is 6.08 Å². The number of piperazine rings is 1. The van der Waals surface area contributed by atoms with Crippen LogP contribution >= 0.6 is 0 Å². The lowest BCUT2D eigenvalue weighted by atomic mass is 10.2. The number of nitrogens with zero attached hydrogens (tertiary/aromatic N) is 2. The van der Waals surface area contributed by atoms with Crippen molar-refractivity contribution in [2.45, 2.75) is 25.7 Å². The summed E-state index contributed by atoms with van der Waals surface area (Å²) in [5, 5.41) is 0. The SMILES string of the molecule is C=CCCCCC=CCN1CCN(C)CC1. The Bertz CT molecular complexity index is 203. The Kier molecular flexibility index (Phi) is 7.19. The lowest BCUT2D eigenvalue weighted by molar-refractivity contribution is 0.166. The van der Waals surface area contributed by atoms with Gasteiger partial charge in [-0.05, 0) is 32.7 Å². The summed E-state index contributed by atoms with van der Waals surface area (Å²) < 4.78 is 0. The highest BCUT2D eigenvalue weighted by Crippen LogP contribution is 2.02. The van der Waals surface area contributed by atoms with E-state index in [4.69, 9.17) is 0 Å². The molecule has 1 heterocycles. The molecule has 0 aromatic carbocycles. The van der Waals surface area contributed by atoms with Gasteiger partial charge in [-0.2, -0.15) is 0 Å².